The van der Waals surface area contributed by atoms with Crippen LogP contribution in [0.15, 0.2) is 29.2 Å². The number of benzene rings is 1. The molecule has 1 aromatic rings. The molecule has 0 spiro atoms. The number of aliphatic carboxylic acids is 1. The van der Waals surface area contributed by atoms with E-state index in [0.29, 0.717) is 21.5 Å². The number of carboxylic acids is 1. The van der Waals surface area contributed by atoms with E-state index in [1.807, 2.05) is 0 Å². The van der Waals surface area contributed by atoms with Gasteiger partial charge in [-0.3, -0.25) is 9.69 Å². The zero-order chi connectivity index (χ0) is 18.5. The van der Waals surface area contributed by atoms with Crippen molar-refractivity contribution in [1.29, 1.82) is 0 Å². The van der Waals surface area contributed by atoms with Crippen molar-refractivity contribution in [1.82, 2.24) is 4.90 Å². The van der Waals surface area contributed by atoms with Gasteiger partial charge in [0, 0.05) is 6.54 Å². The second kappa shape index (κ2) is 8.68. The molecule has 0 bridgehead atoms. The van der Waals surface area contributed by atoms with Gasteiger partial charge in [-0.1, -0.05) is 61.8 Å². The summed E-state index contributed by atoms with van der Waals surface area (Å²) in [7, 11) is 0. The molecule has 1 saturated heterocycles. The lowest BCUT2D eigenvalue weighted by molar-refractivity contribution is -0.307. The van der Waals surface area contributed by atoms with Gasteiger partial charge in [-0.2, -0.15) is 0 Å². The van der Waals surface area contributed by atoms with E-state index in [1.54, 1.807) is 35.2 Å². The molecule has 1 aliphatic heterocycles. The van der Waals surface area contributed by atoms with E-state index in [0.717, 1.165) is 17.9 Å². The average Bonchev–Trinajstić information content (AvgIpc) is 3.22. The van der Waals surface area contributed by atoms with Crippen molar-refractivity contribution in [2.75, 3.05) is 13.2 Å². The second-order valence-corrected chi connectivity index (χ2v) is 8.18. The van der Waals surface area contributed by atoms with Crippen molar-refractivity contribution < 1.29 is 19.4 Å². The number of carboxylic acid groups (broad SMARTS) is 1. The average molecular weight is 391 g/mol. The Morgan fingerprint density at radius 2 is 2.00 bits per heavy atom. The number of nitrogens with zero attached hydrogens (tertiary/aromatic N) is 1. The molecule has 2 fully saturated rings. The number of thiocarbonyl (C=S) groups is 1. The number of carbonyl (C=O) groups excluding carboxylic acids is 2. The molecule has 3 rings (SSSR count). The fraction of sp³-hybridized carbons (Fsp3) is 0.421. The highest BCUT2D eigenvalue weighted by molar-refractivity contribution is 8.26. The van der Waals surface area contributed by atoms with Crippen LogP contribution in [0.3, 0.4) is 0 Å². The Hall–Kier alpha value is -1.86. The second-order valence-electron chi connectivity index (χ2n) is 6.50. The predicted octanol–water partition coefficient (Wildman–Crippen LogP) is 2.60. The van der Waals surface area contributed by atoms with Crippen molar-refractivity contribution in [3.63, 3.8) is 0 Å². The van der Waals surface area contributed by atoms with Gasteiger partial charge in [0.05, 0.1) is 10.9 Å². The Morgan fingerprint density at radius 3 is 2.65 bits per heavy atom. The van der Waals surface area contributed by atoms with Crippen LogP contribution in [0.2, 0.25) is 0 Å². The van der Waals surface area contributed by atoms with Crippen molar-refractivity contribution in [3.8, 4) is 5.75 Å². The molecule has 1 aromatic carbocycles. The van der Waals surface area contributed by atoms with Crippen LogP contribution in [0.5, 0.6) is 5.75 Å². The number of ether oxygens (including phenoxy) is 1. The summed E-state index contributed by atoms with van der Waals surface area (Å²) in [5.74, 6) is -0.140. The van der Waals surface area contributed by atoms with Gasteiger partial charge in [0.2, 0.25) is 0 Å². The maximum atomic E-state index is 12.6. The third-order valence-corrected chi connectivity index (χ3v) is 6.02. The van der Waals surface area contributed by atoms with E-state index < -0.39 is 12.6 Å². The monoisotopic (exact) mass is 390 g/mol. The number of thioether (sulfide) groups is 1. The molecule has 1 heterocycles. The van der Waals surface area contributed by atoms with Gasteiger partial charge < -0.3 is 14.6 Å². The summed E-state index contributed by atoms with van der Waals surface area (Å²) in [6, 6.07) is 6.87. The zero-order valence-corrected chi connectivity index (χ0v) is 15.9. The lowest BCUT2D eigenvalue weighted by Gasteiger charge is -2.17. The smallest absolute Gasteiger partial charge is 0.266 e. The lowest BCUT2D eigenvalue weighted by atomic mass is 10.0. The molecular formula is C19H20NO4S2-. The molecule has 0 atom stereocenters. The Kier molecular flexibility index (Phi) is 6.32. The van der Waals surface area contributed by atoms with Crippen LogP contribution >= 0.6 is 24.0 Å². The summed E-state index contributed by atoms with van der Waals surface area (Å²) in [5, 5.41) is 10.4. The standard InChI is InChI=1S/C19H21NO4S2/c21-17(22)12-24-15-7-5-14(6-8-15)11-16-18(23)20(19(25)26-16)10-9-13-3-1-2-4-13/h5-8,11,13H,1-4,9-10,12H2,(H,21,22)/p-1/b16-11-. The highest BCUT2D eigenvalue weighted by Crippen LogP contribution is 2.34. The first-order valence-electron chi connectivity index (χ1n) is 8.71. The third kappa shape index (κ3) is 4.86. The molecule has 7 heteroatoms. The first-order valence-corrected chi connectivity index (χ1v) is 9.93. The molecule has 1 amide bonds. The van der Waals surface area contributed by atoms with Gasteiger partial charge in [-0.25, -0.2) is 0 Å². The van der Waals surface area contributed by atoms with Crippen LogP contribution in [0, 0.1) is 5.92 Å². The van der Waals surface area contributed by atoms with Crippen molar-refractivity contribution in [2.45, 2.75) is 32.1 Å². The molecule has 26 heavy (non-hydrogen) atoms. The molecule has 0 radical (unpaired) electrons. The summed E-state index contributed by atoms with van der Waals surface area (Å²) < 4.78 is 5.66. The largest absolute Gasteiger partial charge is 0.546 e. The van der Waals surface area contributed by atoms with E-state index >= 15 is 0 Å². The van der Waals surface area contributed by atoms with Gasteiger partial charge in [-0.15, -0.1) is 0 Å². The molecule has 0 aromatic heterocycles. The third-order valence-electron chi connectivity index (χ3n) is 4.64. The van der Waals surface area contributed by atoms with E-state index in [2.05, 4.69) is 0 Å². The van der Waals surface area contributed by atoms with E-state index in [-0.39, 0.29) is 5.91 Å². The van der Waals surface area contributed by atoms with Gasteiger partial charge in [0.25, 0.3) is 5.91 Å². The minimum absolute atomic E-state index is 0.0322. The SMILES string of the molecule is O=C([O-])COc1ccc(/C=C2\SC(=S)N(CCC3CCCC3)C2=O)cc1. The molecule has 0 unspecified atom stereocenters. The number of amides is 1. The minimum Gasteiger partial charge on any atom is -0.546 e. The summed E-state index contributed by atoms with van der Waals surface area (Å²) in [6.07, 6.45) is 7.94. The normalized spacial score (nSPS) is 19.5. The van der Waals surface area contributed by atoms with Crippen LogP contribution in [-0.2, 0) is 9.59 Å². The predicted molar refractivity (Wildman–Crippen MR) is 103 cm³/mol. The Bertz CT molecular complexity index is 724. The fourth-order valence-electron chi connectivity index (χ4n) is 3.26. The van der Waals surface area contributed by atoms with Crippen molar-refractivity contribution >= 4 is 46.3 Å². The number of rotatable bonds is 7. The molecule has 5 nitrogen and oxygen atoms in total. The van der Waals surface area contributed by atoms with Gasteiger partial charge >= 0.3 is 0 Å². The van der Waals surface area contributed by atoms with E-state index in [1.165, 1.54) is 37.4 Å². The van der Waals surface area contributed by atoms with Crippen LogP contribution in [-0.4, -0.2) is 34.2 Å². The van der Waals surface area contributed by atoms with Gasteiger partial charge in [0.1, 0.15) is 16.7 Å². The Labute approximate surface area is 162 Å². The summed E-state index contributed by atoms with van der Waals surface area (Å²) >= 11 is 6.71. The van der Waals surface area contributed by atoms with Crippen LogP contribution in [0.25, 0.3) is 6.08 Å². The summed E-state index contributed by atoms with van der Waals surface area (Å²) in [6.45, 7) is 0.210. The topological polar surface area (TPSA) is 69.7 Å². The first kappa shape index (κ1) is 18.9. The van der Waals surface area contributed by atoms with Gasteiger partial charge in [-0.05, 0) is 36.1 Å². The quantitative estimate of drug-likeness (QED) is 0.527. The maximum Gasteiger partial charge on any atom is 0.266 e. The zero-order valence-electron chi connectivity index (χ0n) is 14.3. The molecule has 138 valence electrons. The molecule has 0 N–H and O–H groups in total. The molecule has 1 saturated carbocycles. The van der Waals surface area contributed by atoms with E-state index in [4.69, 9.17) is 17.0 Å². The lowest BCUT2D eigenvalue weighted by Crippen LogP contribution is -2.30. The Morgan fingerprint density at radius 1 is 1.31 bits per heavy atom. The fourth-order valence-corrected chi connectivity index (χ4v) is 4.57. The summed E-state index contributed by atoms with van der Waals surface area (Å²) in [5.41, 5.74) is 0.835. The highest BCUT2D eigenvalue weighted by Gasteiger charge is 2.32. The van der Waals surface area contributed by atoms with Crippen LogP contribution in [0.1, 0.15) is 37.7 Å². The first-order chi connectivity index (χ1) is 12.5. The van der Waals surface area contributed by atoms with Gasteiger partial charge in [0.15, 0.2) is 0 Å². The van der Waals surface area contributed by atoms with E-state index in [9.17, 15) is 14.7 Å². The minimum atomic E-state index is -1.27. The molecule has 1 aliphatic carbocycles. The maximum absolute atomic E-state index is 12.6. The summed E-state index contributed by atoms with van der Waals surface area (Å²) in [4.78, 5) is 25.3. The molecular weight excluding hydrogens is 370 g/mol. The highest BCUT2D eigenvalue weighted by atomic mass is 32.2. The van der Waals surface area contributed by atoms with Crippen LogP contribution < -0.4 is 9.84 Å². The van der Waals surface area contributed by atoms with Crippen molar-refractivity contribution in [2.24, 2.45) is 5.92 Å². The number of hydrogen-bond acceptors (Lipinski definition) is 6. The Balaban J connectivity index is 1.60. The van der Waals surface area contributed by atoms with Crippen LogP contribution in [0.4, 0.5) is 0 Å². The number of hydrogen-bond donors (Lipinski definition) is 0. The molecule has 2 aliphatic rings. The van der Waals surface area contributed by atoms with Crippen molar-refractivity contribution in [3.05, 3.63) is 34.7 Å². The number of carbonyl (C=O) groups is 2.